The van der Waals surface area contributed by atoms with Crippen molar-refractivity contribution in [2.45, 2.75) is 25.3 Å². The van der Waals surface area contributed by atoms with E-state index in [1.165, 1.54) is 5.56 Å². The number of ether oxygens (including phenoxy) is 1. The number of aromatic nitrogens is 2. The van der Waals surface area contributed by atoms with Crippen molar-refractivity contribution >= 4 is 0 Å². The van der Waals surface area contributed by atoms with Crippen LogP contribution in [0.2, 0.25) is 0 Å². The highest BCUT2D eigenvalue weighted by molar-refractivity contribution is 5.27. The van der Waals surface area contributed by atoms with Crippen LogP contribution in [0.5, 0.6) is 0 Å². The molecule has 22 heavy (non-hydrogen) atoms. The summed E-state index contributed by atoms with van der Waals surface area (Å²) in [6, 6.07) is 10.8. The summed E-state index contributed by atoms with van der Waals surface area (Å²) in [6.07, 6.45) is 5.02. The predicted molar refractivity (Wildman–Crippen MR) is 88.0 cm³/mol. The van der Waals surface area contributed by atoms with Crippen LogP contribution in [0.25, 0.3) is 0 Å². The number of likely N-dealkylation sites (N-methyl/N-ethyl adjacent to an activating group) is 1. The van der Waals surface area contributed by atoms with Crippen LogP contribution in [0.15, 0.2) is 42.7 Å². The van der Waals surface area contributed by atoms with E-state index in [-0.39, 0.29) is 5.41 Å². The van der Waals surface area contributed by atoms with E-state index in [2.05, 4.69) is 65.0 Å². The Hall–Kier alpha value is -1.65. The van der Waals surface area contributed by atoms with Crippen molar-refractivity contribution in [1.29, 1.82) is 0 Å². The molecule has 0 bridgehead atoms. The maximum atomic E-state index is 5.74. The standard InChI is InChI=1S/C18H25N3O/c1-16-19-9-10-21(16)12-11-20(2)14-18(8-13-22-15-18)17-6-4-3-5-7-17/h3-7,9-10H,8,11-15H2,1-2H3. The summed E-state index contributed by atoms with van der Waals surface area (Å²) in [7, 11) is 2.20. The molecule has 0 aliphatic carbocycles. The first-order chi connectivity index (χ1) is 10.7. The van der Waals surface area contributed by atoms with Gasteiger partial charge in [-0.25, -0.2) is 4.98 Å². The molecule has 0 saturated carbocycles. The highest BCUT2D eigenvalue weighted by Crippen LogP contribution is 2.33. The van der Waals surface area contributed by atoms with Gasteiger partial charge in [0.25, 0.3) is 0 Å². The summed E-state index contributed by atoms with van der Waals surface area (Å²) in [5.41, 5.74) is 1.54. The van der Waals surface area contributed by atoms with Crippen molar-refractivity contribution in [3.05, 3.63) is 54.1 Å². The molecule has 118 valence electrons. The fourth-order valence-electron chi connectivity index (χ4n) is 3.36. The molecule has 1 atom stereocenters. The lowest BCUT2D eigenvalue weighted by Crippen LogP contribution is -2.41. The molecular formula is C18H25N3O. The summed E-state index contributed by atoms with van der Waals surface area (Å²) in [4.78, 5) is 6.70. The number of aryl methyl sites for hydroxylation is 1. The quantitative estimate of drug-likeness (QED) is 0.821. The van der Waals surface area contributed by atoms with Gasteiger partial charge in [0, 0.05) is 44.0 Å². The van der Waals surface area contributed by atoms with Gasteiger partial charge in [0.2, 0.25) is 0 Å². The molecule has 4 heteroatoms. The molecule has 3 rings (SSSR count). The molecule has 1 saturated heterocycles. The van der Waals surface area contributed by atoms with Gasteiger partial charge in [0.05, 0.1) is 6.61 Å². The van der Waals surface area contributed by atoms with E-state index in [1.54, 1.807) is 0 Å². The second kappa shape index (κ2) is 6.63. The number of rotatable bonds is 6. The number of hydrogen-bond acceptors (Lipinski definition) is 3. The Morgan fingerprint density at radius 1 is 1.32 bits per heavy atom. The average Bonchev–Trinajstić information content (AvgIpc) is 3.16. The minimum absolute atomic E-state index is 0.139. The molecule has 1 aliphatic heterocycles. The Kier molecular flexibility index (Phi) is 4.60. The SMILES string of the molecule is Cc1nccn1CCN(C)CC1(c2ccccc2)CCOC1. The van der Waals surface area contributed by atoms with Crippen molar-refractivity contribution in [1.82, 2.24) is 14.5 Å². The molecular weight excluding hydrogens is 274 g/mol. The van der Waals surface area contributed by atoms with Gasteiger partial charge in [-0.2, -0.15) is 0 Å². The normalized spacial score (nSPS) is 21.6. The first kappa shape index (κ1) is 15.3. The van der Waals surface area contributed by atoms with Gasteiger partial charge in [-0.3, -0.25) is 0 Å². The maximum Gasteiger partial charge on any atom is 0.105 e. The molecule has 1 fully saturated rings. The first-order valence-electron chi connectivity index (χ1n) is 7.99. The van der Waals surface area contributed by atoms with E-state index in [1.807, 2.05) is 6.20 Å². The third kappa shape index (κ3) is 3.23. The lowest BCUT2D eigenvalue weighted by Gasteiger charge is -2.33. The fraction of sp³-hybridized carbons (Fsp3) is 0.500. The largest absolute Gasteiger partial charge is 0.380 e. The molecule has 2 heterocycles. The zero-order chi connectivity index (χ0) is 15.4. The summed E-state index contributed by atoms with van der Waals surface area (Å²) in [5, 5.41) is 0. The Balaban J connectivity index is 1.65. The summed E-state index contributed by atoms with van der Waals surface area (Å²) >= 11 is 0. The van der Waals surface area contributed by atoms with Gasteiger partial charge in [0.15, 0.2) is 0 Å². The lowest BCUT2D eigenvalue weighted by atomic mass is 9.79. The molecule has 0 radical (unpaired) electrons. The summed E-state index contributed by atoms with van der Waals surface area (Å²) in [5.74, 6) is 1.08. The third-order valence-corrected chi connectivity index (χ3v) is 4.71. The van der Waals surface area contributed by atoms with Crippen molar-refractivity contribution in [2.75, 3.05) is 33.4 Å². The minimum atomic E-state index is 0.139. The molecule has 4 nitrogen and oxygen atoms in total. The van der Waals surface area contributed by atoms with Gasteiger partial charge in [-0.05, 0) is 26.0 Å². The van der Waals surface area contributed by atoms with E-state index in [9.17, 15) is 0 Å². The second-order valence-electron chi connectivity index (χ2n) is 6.35. The summed E-state index contributed by atoms with van der Waals surface area (Å²) in [6.45, 7) is 6.77. The van der Waals surface area contributed by atoms with E-state index in [0.717, 1.165) is 45.1 Å². The highest BCUT2D eigenvalue weighted by atomic mass is 16.5. The van der Waals surface area contributed by atoms with Gasteiger partial charge < -0.3 is 14.2 Å². The molecule has 1 aromatic heterocycles. The van der Waals surface area contributed by atoms with Crippen LogP contribution in [0.1, 0.15) is 17.8 Å². The third-order valence-electron chi connectivity index (χ3n) is 4.71. The van der Waals surface area contributed by atoms with Crippen molar-refractivity contribution in [2.24, 2.45) is 0 Å². The molecule has 1 unspecified atom stereocenters. The lowest BCUT2D eigenvalue weighted by molar-refractivity contribution is 0.158. The molecule has 2 aromatic rings. The fourth-order valence-corrected chi connectivity index (χ4v) is 3.36. The Morgan fingerprint density at radius 2 is 2.14 bits per heavy atom. The Labute approximate surface area is 132 Å². The number of nitrogens with zero attached hydrogens (tertiary/aromatic N) is 3. The molecule has 0 N–H and O–H groups in total. The number of benzene rings is 1. The smallest absolute Gasteiger partial charge is 0.105 e. The van der Waals surface area contributed by atoms with Crippen LogP contribution in [0.4, 0.5) is 0 Å². The van der Waals surface area contributed by atoms with Gasteiger partial charge in [0.1, 0.15) is 5.82 Å². The first-order valence-corrected chi connectivity index (χ1v) is 7.99. The van der Waals surface area contributed by atoms with Gasteiger partial charge in [-0.15, -0.1) is 0 Å². The monoisotopic (exact) mass is 299 g/mol. The van der Waals surface area contributed by atoms with Crippen molar-refractivity contribution in [3.63, 3.8) is 0 Å². The zero-order valence-corrected chi connectivity index (χ0v) is 13.5. The van der Waals surface area contributed by atoms with E-state index < -0.39 is 0 Å². The maximum absolute atomic E-state index is 5.74. The average molecular weight is 299 g/mol. The molecule has 0 amide bonds. The molecule has 1 aromatic carbocycles. The zero-order valence-electron chi connectivity index (χ0n) is 13.5. The second-order valence-corrected chi connectivity index (χ2v) is 6.35. The Morgan fingerprint density at radius 3 is 2.77 bits per heavy atom. The van der Waals surface area contributed by atoms with Gasteiger partial charge in [-0.1, -0.05) is 30.3 Å². The summed E-state index contributed by atoms with van der Waals surface area (Å²) < 4.78 is 7.95. The predicted octanol–water partition coefficient (Wildman–Crippen LogP) is 2.48. The number of imidazole rings is 1. The molecule has 1 aliphatic rings. The van der Waals surface area contributed by atoms with Crippen LogP contribution >= 0.6 is 0 Å². The van der Waals surface area contributed by atoms with Crippen LogP contribution in [-0.2, 0) is 16.7 Å². The number of hydrogen-bond donors (Lipinski definition) is 0. The van der Waals surface area contributed by atoms with E-state index in [4.69, 9.17) is 4.74 Å². The van der Waals surface area contributed by atoms with Crippen molar-refractivity contribution in [3.8, 4) is 0 Å². The van der Waals surface area contributed by atoms with E-state index >= 15 is 0 Å². The van der Waals surface area contributed by atoms with Gasteiger partial charge >= 0.3 is 0 Å². The van der Waals surface area contributed by atoms with Crippen LogP contribution in [0, 0.1) is 6.92 Å². The van der Waals surface area contributed by atoms with E-state index in [0.29, 0.717) is 0 Å². The topological polar surface area (TPSA) is 30.3 Å². The highest BCUT2D eigenvalue weighted by Gasteiger charge is 2.37. The molecule has 0 spiro atoms. The van der Waals surface area contributed by atoms with Crippen LogP contribution < -0.4 is 0 Å². The van der Waals surface area contributed by atoms with Crippen LogP contribution in [-0.4, -0.2) is 47.8 Å². The Bertz CT molecular complexity index is 587. The van der Waals surface area contributed by atoms with Crippen LogP contribution in [0.3, 0.4) is 0 Å². The van der Waals surface area contributed by atoms with Crippen molar-refractivity contribution < 1.29 is 4.74 Å². The minimum Gasteiger partial charge on any atom is -0.380 e.